The summed E-state index contributed by atoms with van der Waals surface area (Å²) < 4.78 is 13.0. The molecule has 1 heterocycles. The van der Waals surface area contributed by atoms with Crippen molar-refractivity contribution in [1.29, 1.82) is 0 Å². The van der Waals surface area contributed by atoms with Gasteiger partial charge >= 0.3 is 0 Å². The SMILES string of the molecule is CC(C)(C)c1nnc(Nc2cccc(F)c2)[nH]c1=O. The Labute approximate surface area is 109 Å². The summed E-state index contributed by atoms with van der Waals surface area (Å²) in [7, 11) is 0. The van der Waals surface area contributed by atoms with Gasteiger partial charge in [-0.05, 0) is 18.2 Å². The second-order valence-corrected chi connectivity index (χ2v) is 5.24. The predicted octanol–water partition coefficient (Wildman–Crippen LogP) is 2.35. The van der Waals surface area contributed by atoms with Crippen molar-refractivity contribution >= 4 is 11.6 Å². The molecule has 19 heavy (non-hydrogen) atoms. The lowest BCUT2D eigenvalue weighted by atomic mass is 9.93. The van der Waals surface area contributed by atoms with Crippen LogP contribution >= 0.6 is 0 Å². The lowest BCUT2D eigenvalue weighted by molar-refractivity contribution is 0.547. The topological polar surface area (TPSA) is 70.7 Å². The van der Waals surface area contributed by atoms with Gasteiger partial charge in [-0.2, -0.15) is 0 Å². The van der Waals surface area contributed by atoms with E-state index in [1.54, 1.807) is 12.1 Å². The van der Waals surface area contributed by atoms with Crippen molar-refractivity contribution in [2.45, 2.75) is 26.2 Å². The Hall–Kier alpha value is -2.24. The van der Waals surface area contributed by atoms with Crippen LogP contribution in [0.15, 0.2) is 29.1 Å². The molecule has 0 aliphatic carbocycles. The molecule has 0 amide bonds. The molecule has 0 aliphatic heterocycles. The third-order valence-corrected chi connectivity index (χ3v) is 2.49. The number of H-pyrrole nitrogens is 1. The molecule has 0 unspecified atom stereocenters. The fraction of sp³-hybridized carbons (Fsp3) is 0.308. The molecule has 2 aromatic rings. The van der Waals surface area contributed by atoms with Gasteiger partial charge in [-0.15, -0.1) is 10.2 Å². The molecule has 2 N–H and O–H groups in total. The van der Waals surface area contributed by atoms with Gasteiger partial charge in [0.05, 0.1) is 0 Å². The van der Waals surface area contributed by atoms with Crippen LogP contribution in [0, 0.1) is 5.82 Å². The molecule has 0 spiro atoms. The van der Waals surface area contributed by atoms with Crippen molar-refractivity contribution in [3.8, 4) is 0 Å². The van der Waals surface area contributed by atoms with Crippen molar-refractivity contribution in [2.75, 3.05) is 5.32 Å². The minimum Gasteiger partial charge on any atom is -0.324 e. The summed E-state index contributed by atoms with van der Waals surface area (Å²) in [5, 5.41) is 10.6. The number of aromatic amines is 1. The normalized spacial score (nSPS) is 11.4. The molecule has 2 rings (SSSR count). The number of nitrogens with zero attached hydrogens (tertiary/aromatic N) is 2. The van der Waals surface area contributed by atoms with Crippen LogP contribution in [0.1, 0.15) is 26.5 Å². The fourth-order valence-electron chi connectivity index (χ4n) is 1.59. The van der Waals surface area contributed by atoms with Gasteiger partial charge < -0.3 is 5.32 Å². The first-order valence-corrected chi connectivity index (χ1v) is 5.86. The number of nitrogens with one attached hydrogen (secondary N) is 2. The van der Waals surface area contributed by atoms with E-state index in [4.69, 9.17) is 0 Å². The zero-order valence-corrected chi connectivity index (χ0v) is 11.0. The average Bonchev–Trinajstić information content (AvgIpc) is 2.27. The molecular formula is C13H15FN4O. The van der Waals surface area contributed by atoms with Crippen LogP contribution in [0.3, 0.4) is 0 Å². The van der Waals surface area contributed by atoms with Crippen LogP contribution in [0.25, 0.3) is 0 Å². The Balaban J connectivity index is 2.29. The highest BCUT2D eigenvalue weighted by Gasteiger charge is 2.20. The van der Waals surface area contributed by atoms with Crippen LogP contribution in [0.2, 0.25) is 0 Å². The molecule has 0 atom stereocenters. The van der Waals surface area contributed by atoms with Crippen molar-refractivity contribution < 1.29 is 4.39 Å². The Bertz CT molecular complexity index is 646. The minimum atomic E-state index is -0.377. The molecule has 0 bridgehead atoms. The summed E-state index contributed by atoms with van der Waals surface area (Å²) in [5.41, 5.74) is 0.171. The van der Waals surface area contributed by atoms with E-state index in [2.05, 4.69) is 20.5 Å². The first kappa shape index (κ1) is 13.2. The molecule has 0 saturated carbocycles. The summed E-state index contributed by atoms with van der Waals surface area (Å²) in [4.78, 5) is 14.5. The standard InChI is InChI=1S/C13H15FN4O/c1-13(2,3)10-11(19)16-12(18-17-10)15-9-6-4-5-8(14)7-9/h4-7H,1-3H3,(H2,15,16,18,19). The zero-order chi connectivity index (χ0) is 14.0. The molecule has 1 aromatic heterocycles. The largest absolute Gasteiger partial charge is 0.324 e. The number of anilines is 2. The highest BCUT2D eigenvalue weighted by Crippen LogP contribution is 2.16. The molecule has 0 aliphatic rings. The second kappa shape index (κ2) is 4.79. The Kier molecular flexibility index (Phi) is 3.33. The minimum absolute atomic E-state index is 0.184. The van der Waals surface area contributed by atoms with E-state index in [1.807, 2.05) is 20.8 Å². The third-order valence-electron chi connectivity index (χ3n) is 2.49. The number of hydrogen-bond acceptors (Lipinski definition) is 4. The van der Waals surface area contributed by atoms with Gasteiger partial charge in [-0.1, -0.05) is 26.8 Å². The van der Waals surface area contributed by atoms with Crippen molar-refractivity contribution in [3.63, 3.8) is 0 Å². The summed E-state index contributed by atoms with van der Waals surface area (Å²) in [6, 6.07) is 5.87. The van der Waals surface area contributed by atoms with E-state index in [-0.39, 0.29) is 22.7 Å². The highest BCUT2D eigenvalue weighted by atomic mass is 19.1. The summed E-state index contributed by atoms with van der Waals surface area (Å²) in [5.74, 6) is -0.185. The zero-order valence-electron chi connectivity index (χ0n) is 11.0. The van der Waals surface area contributed by atoms with Gasteiger partial charge in [0, 0.05) is 11.1 Å². The maximum Gasteiger partial charge on any atom is 0.274 e. The van der Waals surface area contributed by atoms with Crippen LogP contribution < -0.4 is 10.9 Å². The van der Waals surface area contributed by atoms with E-state index < -0.39 is 0 Å². The summed E-state index contributed by atoms with van der Waals surface area (Å²) >= 11 is 0. The van der Waals surface area contributed by atoms with Crippen molar-refractivity contribution in [1.82, 2.24) is 15.2 Å². The molecular weight excluding hydrogens is 247 g/mol. The molecule has 100 valence electrons. The smallest absolute Gasteiger partial charge is 0.274 e. The van der Waals surface area contributed by atoms with E-state index in [0.29, 0.717) is 11.4 Å². The quantitative estimate of drug-likeness (QED) is 0.871. The van der Waals surface area contributed by atoms with Gasteiger partial charge in [0.15, 0.2) is 0 Å². The van der Waals surface area contributed by atoms with E-state index >= 15 is 0 Å². The van der Waals surface area contributed by atoms with E-state index in [0.717, 1.165) is 0 Å². The van der Waals surface area contributed by atoms with Crippen molar-refractivity contribution in [3.05, 3.63) is 46.1 Å². The lowest BCUT2D eigenvalue weighted by Gasteiger charge is -2.15. The molecule has 0 saturated heterocycles. The van der Waals surface area contributed by atoms with Gasteiger partial charge in [-0.3, -0.25) is 9.78 Å². The van der Waals surface area contributed by atoms with Gasteiger partial charge in [-0.25, -0.2) is 4.39 Å². The number of aromatic nitrogens is 3. The van der Waals surface area contributed by atoms with E-state index in [1.165, 1.54) is 12.1 Å². The predicted molar refractivity (Wildman–Crippen MR) is 71.0 cm³/mol. The maximum atomic E-state index is 13.0. The first-order chi connectivity index (χ1) is 8.86. The number of rotatable bonds is 2. The average molecular weight is 262 g/mol. The number of benzene rings is 1. The second-order valence-electron chi connectivity index (χ2n) is 5.24. The Morgan fingerprint density at radius 2 is 2.00 bits per heavy atom. The Morgan fingerprint density at radius 3 is 2.58 bits per heavy atom. The van der Waals surface area contributed by atoms with Gasteiger partial charge in [0.25, 0.3) is 5.56 Å². The molecule has 0 radical (unpaired) electrons. The van der Waals surface area contributed by atoms with Crippen LogP contribution in [-0.4, -0.2) is 15.2 Å². The monoisotopic (exact) mass is 262 g/mol. The van der Waals surface area contributed by atoms with Gasteiger partial charge in [0.2, 0.25) is 5.95 Å². The highest BCUT2D eigenvalue weighted by molar-refractivity contribution is 5.52. The summed E-state index contributed by atoms with van der Waals surface area (Å²) in [6.07, 6.45) is 0. The van der Waals surface area contributed by atoms with Crippen LogP contribution in [-0.2, 0) is 5.41 Å². The molecule has 0 fully saturated rings. The molecule has 1 aromatic carbocycles. The van der Waals surface area contributed by atoms with Gasteiger partial charge in [0.1, 0.15) is 11.5 Å². The number of hydrogen-bond donors (Lipinski definition) is 2. The molecule has 5 nitrogen and oxygen atoms in total. The van der Waals surface area contributed by atoms with Crippen LogP contribution in [0.4, 0.5) is 16.0 Å². The Morgan fingerprint density at radius 1 is 1.26 bits per heavy atom. The first-order valence-electron chi connectivity index (χ1n) is 5.86. The van der Waals surface area contributed by atoms with Crippen molar-refractivity contribution in [2.24, 2.45) is 0 Å². The third kappa shape index (κ3) is 3.15. The van der Waals surface area contributed by atoms with Crippen LogP contribution in [0.5, 0.6) is 0 Å². The lowest BCUT2D eigenvalue weighted by Crippen LogP contribution is -2.28. The molecule has 6 heteroatoms. The summed E-state index contributed by atoms with van der Waals surface area (Å²) in [6.45, 7) is 5.64. The van der Waals surface area contributed by atoms with E-state index in [9.17, 15) is 9.18 Å². The number of halogens is 1. The maximum absolute atomic E-state index is 13.0. The fourth-order valence-corrected chi connectivity index (χ4v) is 1.59.